The number of nitrogens with one attached hydrogen (secondary N) is 1. The summed E-state index contributed by atoms with van der Waals surface area (Å²) in [4.78, 5) is 15.6. The minimum absolute atomic E-state index is 0.0396. The van der Waals surface area contributed by atoms with Crippen molar-refractivity contribution in [3.8, 4) is 11.9 Å². The van der Waals surface area contributed by atoms with E-state index >= 15 is 0 Å². The number of imidazole rings is 1. The van der Waals surface area contributed by atoms with E-state index < -0.39 is 6.10 Å². The zero-order valence-corrected chi connectivity index (χ0v) is 20.6. The normalized spacial score (nSPS) is 19.6. The first-order chi connectivity index (χ1) is 16.8. The van der Waals surface area contributed by atoms with Crippen molar-refractivity contribution >= 4 is 29.3 Å². The molecule has 1 saturated heterocycles. The molecule has 3 unspecified atom stereocenters. The van der Waals surface area contributed by atoms with Crippen LogP contribution in [0.25, 0.3) is 16.9 Å². The molecule has 0 bridgehead atoms. The van der Waals surface area contributed by atoms with E-state index in [1.807, 2.05) is 60.9 Å². The Morgan fingerprint density at radius 1 is 1.31 bits per heavy atom. The molecule has 3 heterocycles. The fraction of sp³-hybridized carbons (Fsp3) is 0.333. The minimum Gasteiger partial charge on any atom is -0.389 e. The summed E-state index contributed by atoms with van der Waals surface area (Å²) in [5.74, 6) is 1.40. The molecule has 1 aliphatic heterocycles. The van der Waals surface area contributed by atoms with Gasteiger partial charge >= 0.3 is 0 Å². The largest absolute Gasteiger partial charge is 0.389 e. The number of nitriles is 1. The number of hydrogen-bond acceptors (Lipinski definition) is 7. The van der Waals surface area contributed by atoms with Crippen molar-refractivity contribution in [3.63, 3.8) is 0 Å². The van der Waals surface area contributed by atoms with Crippen LogP contribution in [0.1, 0.15) is 45.8 Å². The van der Waals surface area contributed by atoms with Gasteiger partial charge in [-0.05, 0) is 83.3 Å². The highest BCUT2D eigenvalue weighted by atomic mass is 16.3. The van der Waals surface area contributed by atoms with E-state index in [1.165, 1.54) is 0 Å². The van der Waals surface area contributed by atoms with Gasteiger partial charge in [0.1, 0.15) is 18.0 Å². The molecule has 0 amide bonds. The molecule has 8 nitrogen and oxygen atoms in total. The summed E-state index contributed by atoms with van der Waals surface area (Å²) in [7, 11) is 0. The predicted octanol–water partition coefficient (Wildman–Crippen LogP) is 5.13. The van der Waals surface area contributed by atoms with Crippen molar-refractivity contribution in [2.45, 2.75) is 46.3 Å². The highest BCUT2D eigenvalue weighted by molar-refractivity contribution is 5.81. The van der Waals surface area contributed by atoms with E-state index in [9.17, 15) is 10.4 Å². The Bertz CT molecular complexity index is 1350. The third-order valence-electron chi connectivity index (χ3n) is 6.33. The van der Waals surface area contributed by atoms with Gasteiger partial charge in [0, 0.05) is 35.2 Å². The van der Waals surface area contributed by atoms with Crippen LogP contribution in [-0.4, -0.2) is 38.9 Å². The number of aliphatic hydroxyl groups excluding tert-OH is 1. The van der Waals surface area contributed by atoms with Crippen molar-refractivity contribution in [2.24, 2.45) is 10.9 Å². The molecule has 0 spiro atoms. The molecule has 1 fully saturated rings. The van der Waals surface area contributed by atoms with Gasteiger partial charge in [-0.1, -0.05) is 0 Å². The number of aliphatic imine (C=N–C) groups is 1. The van der Waals surface area contributed by atoms with Gasteiger partial charge in [0.15, 0.2) is 0 Å². The monoisotopic (exact) mass is 469 g/mol. The van der Waals surface area contributed by atoms with Crippen LogP contribution in [0.15, 0.2) is 65.2 Å². The lowest BCUT2D eigenvalue weighted by molar-refractivity contribution is 0.199. The average Bonchev–Trinajstić information content (AvgIpc) is 3.44. The molecule has 4 rings (SSSR count). The zero-order chi connectivity index (χ0) is 25.1. The Morgan fingerprint density at radius 3 is 2.80 bits per heavy atom. The van der Waals surface area contributed by atoms with Gasteiger partial charge in [-0.2, -0.15) is 5.26 Å². The second-order valence-electron chi connectivity index (χ2n) is 9.08. The van der Waals surface area contributed by atoms with Crippen LogP contribution in [0.2, 0.25) is 0 Å². The predicted molar refractivity (Wildman–Crippen MR) is 141 cm³/mol. The van der Waals surface area contributed by atoms with Crippen LogP contribution in [0.3, 0.4) is 0 Å². The number of aliphatic hydroxyl groups is 1. The van der Waals surface area contributed by atoms with E-state index in [0.717, 1.165) is 45.9 Å². The highest BCUT2D eigenvalue weighted by Crippen LogP contribution is 2.34. The molecule has 0 aliphatic carbocycles. The van der Waals surface area contributed by atoms with Gasteiger partial charge in [-0.15, -0.1) is 0 Å². The number of hydrogen-bond donors (Lipinski definition) is 2. The maximum absolute atomic E-state index is 10.4. The molecule has 0 radical (unpaired) electrons. The summed E-state index contributed by atoms with van der Waals surface area (Å²) >= 11 is 0. The third kappa shape index (κ3) is 5.10. The van der Waals surface area contributed by atoms with Gasteiger partial charge in [-0.3, -0.25) is 9.56 Å². The lowest BCUT2D eigenvalue weighted by atomic mass is 10.1. The molecule has 3 aromatic rings. The molecule has 3 atom stereocenters. The molecular weight excluding hydrogens is 438 g/mol. The Morgan fingerprint density at radius 2 is 2.11 bits per heavy atom. The third-order valence-corrected chi connectivity index (χ3v) is 6.33. The Labute approximate surface area is 206 Å². The molecule has 2 N–H and O–H groups in total. The standard InChI is InChI=1S/C27H31N7O/c1-17(29-5)6-7-18(2)31-22-8-10-25-24(13-22)30-16-34(25)26-11-9-23(20(4)35)27(32-26)33-15-21(14-28)12-19(33)3/h6-11,13,16,19-21,31,35H,5,12,15H2,1-4H3/b17-6-,18-7+. The Kier molecular flexibility index (Phi) is 6.99. The first kappa shape index (κ1) is 24.2. The molecule has 0 saturated carbocycles. The minimum atomic E-state index is -0.662. The van der Waals surface area contributed by atoms with Gasteiger partial charge < -0.3 is 15.3 Å². The fourth-order valence-electron chi connectivity index (χ4n) is 4.40. The van der Waals surface area contributed by atoms with Crippen LogP contribution in [0, 0.1) is 17.2 Å². The number of pyridine rings is 1. The molecule has 1 aromatic carbocycles. The number of benzene rings is 1. The van der Waals surface area contributed by atoms with Crippen LogP contribution < -0.4 is 10.2 Å². The van der Waals surface area contributed by atoms with E-state index in [0.29, 0.717) is 12.4 Å². The average molecular weight is 470 g/mol. The molecule has 2 aromatic heterocycles. The maximum Gasteiger partial charge on any atom is 0.140 e. The Balaban J connectivity index is 1.67. The number of aromatic nitrogens is 3. The van der Waals surface area contributed by atoms with Crippen LogP contribution in [0.4, 0.5) is 11.5 Å². The summed E-state index contributed by atoms with van der Waals surface area (Å²) in [5.41, 5.74) is 5.28. The van der Waals surface area contributed by atoms with Gasteiger partial charge in [-0.25, -0.2) is 9.97 Å². The summed E-state index contributed by atoms with van der Waals surface area (Å²) in [6.07, 6.45) is 5.75. The Hall–Kier alpha value is -3.96. The van der Waals surface area contributed by atoms with E-state index in [4.69, 9.17) is 4.98 Å². The number of allylic oxidation sites excluding steroid dienone is 4. The fourth-order valence-corrected chi connectivity index (χ4v) is 4.40. The number of anilines is 2. The molecule has 1 aliphatic rings. The first-order valence-corrected chi connectivity index (χ1v) is 11.7. The van der Waals surface area contributed by atoms with Gasteiger partial charge in [0.05, 0.1) is 29.1 Å². The lowest BCUT2D eigenvalue weighted by Crippen LogP contribution is -2.29. The van der Waals surface area contributed by atoms with Crippen molar-refractivity contribution in [1.29, 1.82) is 5.26 Å². The van der Waals surface area contributed by atoms with Gasteiger partial charge in [0.25, 0.3) is 0 Å². The smallest absolute Gasteiger partial charge is 0.140 e. The molecule has 8 heteroatoms. The maximum atomic E-state index is 10.4. The molecule has 35 heavy (non-hydrogen) atoms. The summed E-state index contributed by atoms with van der Waals surface area (Å²) in [5, 5.41) is 23.2. The SMILES string of the molecule is C=N/C(C)=C\C=C(/C)Nc1ccc2c(c1)ncn2-c1ccc(C(C)O)c(N2CC(C#N)CC2C)n1. The van der Waals surface area contributed by atoms with Crippen molar-refractivity contribution < 1.29 is 5.11 Å². The van der Waals surface area contributed by atoms with Crippen molar-refractivity contribution in [3.05, 3.63) is 65.8 Å². The van der Waals surface area contributed by atoms with E-state index in [2.05, 4.69) is 39.9 Å². The van der Waals surface area contributed by atoms with Gasteiger partial charge in [0.2, 0.25) is 0 Å². The van der Waals surface area contributed by atoms with E-state index in [-0.39, 0.29) is 12.0 Å². The van der Waals surface area contributed by atoms with Crippen LogP contribution >= 0.6 is 0 Å². The number of rotatable bonds is 7. The molecular formula is C27H31N7O. The summed E-state index contributed by atoms with van der Waals surface area (Å²) < 4.78 is 1.95. The second kappa shape index (κ2) is 10.1. The number of nitrogens with zero attached hydrogens (tertiary/aromatic N) is 6. The topological polar surface area (TPSA) is 102 Å². The van der Waals surface area contributed by atoms with E-state index in [1.54, 1.807) is 13.3 Å². The van der Waals surface area contributed by atoms with Crippen molar-refractivity contribution in [2.75, 3.05) is 16.8 Å². The van der Waals surface area contributed by atoms with Crippen molar-refractivity contribution in [1.82, 2.24) is 14.5 Å². The van der Waals surface area contributed by atoms with Crippen LogP contribution in [-0.2, 0) is 0 Å². The summed E-state index contributed by atoms with van der Waals surface area (Å²) in [6.45, 7) is 11.9. The first-order valence-electron chi connectivity index (χ1n) is 11.7. The highest BCUT2D eigenvalue weighted by Gasteiger charge is 2.32. The number of fused-ring (bicyclic) bond motifs is 1. The lowest BCUT2D eigenvalue weighted by Gasteiger charge is -2.26. The van der Waals surface area contributed by atoms with Crippen LogP contribution in [0.5, 0.6) is 0 Å². The quantitative estimate of drug-likeness (QED) is 0.367. The molecule has 180 valence electrons. The summed E-state index contributed by atoms with van der Waals surface area (Å²) in [6, 6.07) is 12.4. The second-order valence-corrected chi connectivity index (χ2v) is 9.08. The zero-order valence-electron chi connectivity index (χ0n) is 20.6.